The average molecular weight is 373 g/mol. The predicted molar refractivity (Wildman–Crippen MR) is 88.2 cm³/mol. The molecule has 0 aliphatic carbocycles. The second-order valence-electron chi connectivity index (χ2n) is 4.92. The van der Waals surface area contributed by atoms with E-state index in [1.165, 1.54) is 32.5 Å². The van der Waals surface area contributed by atoms with Gasteiger partial charge < -0.3 is 9.64 Å². The summed E-state index contributed by atoms with van der Waals surface area (Å²) in [5.74, 6) is -0.239. The number of aromatic nitrogens is 2. The average Bonchev–Trinajstić information content (AvgIpc) is 3.20. The van der Waals surface area contributed by atoms with E-state index < -0.39 is 12.2 Å². The third-order valence-electron chi connectivity index (χ3n) is 3.21. The van der Waals surface area contributed by atoms with Gasteiger partial charge in [0.1, 0.15) is 9.88 Å². The van der Waals surface area contributed by atoms with Gasteiger partial charge in [0.15, 0.2) is 0 Å². The smallest absolute Gasteiger partial charge is 0.350 e. The summed E-state index contributed by atoms with van der Waals surface area (Å²) in [5.41, 5.74) is 0. The quantitative estimate of drug-likeness (QED) is 0.609. The Balaban J connectivity index is 1.81. The molecule has 1 unspecified atom stereocenters. The lowest BCUT2D eigenvalue weighted by atomic mass is 10.4. The molecule has 0 aromatic carbocycles. The predicted octanol–water partition coefficient (Wildman–Crippen LogP) is 2.70. The van der Waals surface area contributed by atoms with E-state index in [9.17, 15) is 9.59 Å². The summed E-state index contributed by atoms with van der Waals surface area (Å²) in [5, 5.41) is 8.83. The normalized spacial score (nSPS) is 17.9. The molecule has 1 saturated heterocycles. The first-order chi connectivity index (χ1) is 11.0. The van der Waals surface area contributed by atoms with Gasteiger partial charge in [0.2, 0.25) is 11.4 Å². The van der Waals surface area contributed by atoms with Gasteiger partial charge in [0.25, 0.3) is 0 Å². The topological polar surface area (TPSA) is 75.6 Å². The number of nitrogens with zero attached hydrogens (tertiary/aromatic N) is 4. The molecule has 2 aromatic rings. The number of aryl methyl sites for hydroxylation is 1. The number of amides is 2. The number of likely N-dealkylation sites (N-methyl/N-ethyl adjacent to an activating group) is 1. The zero-order valence-corrected chi connectivity index (χ0v) is 14.7. The molecule has 3 rings (SSSR count). The van der Waals surface area contributed by atoms with Gasteiger partial charge >= 0.3 is 12.0 Å². The molecule has 10 heteroatoms. The van der Waals surface area contributed by atoms with Gasteiger partial charge in [-0.25, -0.2) is 14.5 Å². The summed E-state index contributed by atoms with van der Waals surface area (Å²) in [6.07, 6.45) is -0.737. The number of hydrogen-bond donors (Lipinski definition) is 0. The number of anilines is 1. The molecule has 23 heavy (non-hydrogen) atoms. The third-order valence-corrected chi connectivity index (χ3v) is 5.53. The number of thiophene rings is 1. The van der Waals surface area contributed by atoms with Gasteiger partial charge in [0.05, 0.1) is 12.4 Å². The van der Waals surface area contributed by atoms with Gasteiger partial charge in [-0.2, -0.15) is 0 Å². The van der Waals surface area contributed by atoms with Gasteiger partial charge in [-0.3, -0.25) is 0 Å². The summed E-state index contributed by atoms with van der Waals surface area (Å²) >= 11 is 8.28. The highest BCUT2D eigenvalue weighted by Crippen LogP contribution is 2.29. The molecule has 3 heterocycles. The minimum absolute atomic E-state index is 0.217. The zero-order chi connectivity index (χ0) is 16.6. The van der Waals surface area contributed by atoms with Crippen molar-refractivity contribution in [1.82, 2.24) is 15.1 Å². The molecule has 1 atom stereocenters. The third kappa shape index (κ3) is 3.17. The number of esters is 1. The Morgan fingerprint density at radius 3 is 2.83 bits per heavy atom. The second-order valence-corrected chi connectivity index (χ2v) is 7.51. The maximum Gasteiger partial charge on any atom is 0.350 e. The standard InChI is InChI=1S/C13H13ClN4O3S2/c1-7-3-4-8(22-7)11(19)21-10-6-17(2)13(20)18(10)12-16-15-9(5-14)23-12/h3-4,10H,5-6H2,1-2H3. The fourth-order valence-corrected chi connectivity index (χ4v) is 3.81. The van der Waals surface area contributed by atoms with Crippen LogP contribution in [0.2, 0.25) is 0 Å². The maximum absolute atomic E-state index is 12.3. The number of ether oxygens (including phenoxy) is 1. The molecule has 1 fully saturated rings. The molecule has 0 radical (unpaired) electrons. The van der Waals surface area contributed by atoms with E-state index >= 15 is 0 Å². The fraction of sp³-hybridized carbons (Fsp3) is 0.385. The molecule has 0 N–H and O–H groups in total. The van der Waals surface area contributed by atoms with E-state index in [0.29, 0.717) is 15.0 Å². The first-order valence-corrected chi connectivity index (χ1v) is 8.86. The fourth-order valence-electron chi connectivity index (χ4n) is 2.12. The first kappa shape index (κ1) is 16.2. The molecule has 7 nitrogen and oxygen atoms in total. The zero-order valence-electron chi connectivity index (χ0n) is 12.4. The van der Waals surface area contributed by atoms with Gasteiger partial charge in [-0.1, -0.05) is 11.3 Å². The number of halogens is 1. The summed E-state index contributed by atoms with van der Waals surface area (Å²) in [7, 11) is 1.64. The van der Waals surface area contributed by atoms with Crippen molar-refractivity contribution in [2.24, 2.45) is 0 Å². The minimum Gasteiger partial charge on any atom is -0.435 e. The van der Waals surface area contributed by atoms with Crippen molar-refractivity contribution in [3.8, 4) is 0 Å². The van der Waals surface area contributed by atoms with Gasteiger partial charge in [0, 0.05) is 11.9 Å². The van der Waals surface area contributed by atoms with Crippen molar-refractivity contribution < 1.29 is 14.3 Å². The van der Waals surface area contributed by atoms with E-state index in [1.54, 1.807) is 13.1 Å². The molecule has 1 aliphatic heterocycles. The Labute approximate surface area is 145 Å². The minimum atomic E-state index is -0.737. The van der Waals surface area contributed by atoms with Crippen LogP contribution in [0.5, 0.6) is 0 Å². The van der Waals surface area contributed by atoms with Gasteiger partial charge in [-0.15, -0.1) is 33.1 Å². The van der Waals surface area contributed by atoms with Crippen molar-refractivity contribution in [1.29, 1.82) is 0 Å². The van der Waals surface area contributed by atoms with E-state index in [-0.39, 0.29) is 18.5 Å². The van der Waals surface area contributed by atoms with Crippen LogP contribution < -0.4 is 4.90 Å². The van der Waals surface area contributed by atoms with Crippen molar-refractivity contribution in [3.63, 3.8) is 0 Å². The molecule has 0 saturated carbocycles. The largest absolute Gasteiger partial charge is 0.435 e. The second kappa shape index (κ2) is 6.42. The number of hydrogen-bond acceptors (Lipinski definition) is 7. The Morgan fingerprint density at radius 1 is 1.43 bits per heavy atom. The molecule has 0 spiro atoms. The van der Waals surface area contributed by atoms with Crippen LogP contribution in [0.4, 0.5) is 9.93 Å². The van der Waals surface area contributed by atoms with Gasteiger partial charge in [-0.05, 0) is 19.1 Å². The molecular weight excluding hydrogens is 360 g/mol. The lowest BCUT2D eigenvalue weighted by molar-refractivity contribution is 0.0337. The lowest BCUT2D eigenvalue weighted by Crippen LogP contribution is -2.37. The SMILES string of the molecule is Cc1ccc(C(=O)OC2CN(C)C(=O)N2c2nnc(CCl)s2)s1. The van der Waals surface area contributed by atoms with E-state index in [2.05, 4.69) is 10.2 Å². The number of carbonyl (C=O) groups excluding carboxylic acids is 2. The summed E-state index contributed by atoms with van der Waals surface area (Å²) in [4.78, 5) is 28.9. The summed E-state index contributed by atoms with van der Waals surface area (Å²) in [6, 6.07) is 3.27. The van der Waals surface area contributed by atoms with E-state index in [1.807, 2.05) is 13.0 Å². The first-order valence-electron chi connectivity index (χ1n) is 6.69. The Bertz CT molecular complexity index is 747. The molecule has 122 valence electrons. The van der Waals surface area contributed by atoms with Crippen molar-refractivity contribution in [2.45, 2.75) is 19.0 Å². The van der Waals surface area contributed by atoms with Crippen molar-refractivity contribution >= 4 is 51.4 Å². The Hall–Kier alpha value is -1.71. The number of carbonyl (C=O) groups is 2. The number of alkyl halides is 1. The van der Waals surface area contributed by atoms with Crippen molar-refractivity contribution in [2.75, 3.05) is 18.5 Å². The molecular formula is C13H13ClN4O3S2. The Morgan fingerprint density at radius 2 is 2.22 bits per heavy atom. The monoisotopic (exact) mass is 372 g/mol. The lowest BCUT2D eigenvalue weighted by Gasteiger charge is -2.19. The molecule has 2 aromatic heterocycles. The van der Waals surface area contributed by atoms with Crippen LogP contribution in [-0.4, -0.2) is 46.9 Å². The van der Waals surface area contributed by atoms with Crippen LogP contribution in [0, 0.1) is 6.92 Å². The highest BCUT2D eigenvalue weighted by molar-refractivity contribution is 7.15. The summed E-state index contributed by atoms with van der Waals surface area (Å²) in [6.45, 7) is 2.18. The number of rotatable bonds is 4. The highest BCUT2D eigenvalue weighted by atomic mass is 35.5. The maximum atomic E-state index is 12.3. The van der Waals surface area contributed by atoms with Crippen LogP contribution in [0.3, 0.4) is 0 Å². The molecule has 2 amide bonds. The van der Waals surface area contributed by atoms with E-state index in [4.69, 9.17) is 16.3 Å². The van der Waals surface area contributed by atoms with Crippen LogP contribution in [0.1, 0.15) is 19.6 Å². The van der Waals surface area contributed by atoms with E-state index in [0.717, 1.165) is 4.88 Å². The van der Waals surface area contributed by atoms with Crippen LogP contribution in [0.15, 0.2) is 12.1 Å². The molecule has 1 aliphatic rings. The number of urea groups is 1. The van der Waals surface area contributed by atoms with Crippen molar-refractivity contribution in [3.05, 3.63) is 26.9 Å². The van der Waals surface area contributed by atoms with Crippen LogP contribution in [-0.2, 0) is 10.6 Å². The highest BCUT2D eigenvalue weighted by Gasteiger charge is 2.41. The summed E-state index contributed by atoms with van der Waals surface area (Å²) < 4.78 is 5.50. The Kier molecular flexibility index (Phi) is 4.51. The van der Waals surface area contributed by atoms with Crippen LogP contribution >= 0.6 is 34.3 Å². The van der Waals surface area contributed by atoms with Crippen LogP contribution in [0.25, 0.3) is 0 Å². The molecule has 0 bridgehead atoms.